The molecule has 1 aromatic rings. The minimum atomic E-state index is -0.235. The summed E-state index contributed by atoms with van der Waals surface area (Å²) in [5.41, 5.74) is 1.09. The smallest absolute Gasteiger partial charge is 0.252 e. The summed E-state index contributed by atoms with van der Waals surface area (Å²) >= 11 is 0. The molecule has 0 aromatic carbocycles. The zero-order valence-electron chi connectivity index (χ0n) is 13.4. The number of amides is 1. The quantitative estimate of drug-likeness (QED) is 0.785. The fraction of sp³-hybridized carbons (Fsp3) is 0.579. The first kappa shape index (κ1) is 14.9. The molecule has 0 spiro atoms. The molecule has 0 unspecified atom stereocenters. The van der Waals surface area contributed by atoms with E-state index in [1.165, 1.54) is 12.8 Å². The van der Waals surface area contributed by atoms with E-state index >= 15 is 0 Å². The Morgan fingerprint density at radius 1 is 1.35 bits per heavy atom. The van der Waals surface area contributed by atoms with Gasteiger partial charge in [0.25, 0.3) is 5.91 Å². The largest absolute Gasteiger partial charge is 0.368 e. The van der Waals surface area contributed by atoms with Gasteiger partial charge in [0.1, 0.15) is 6.10 Å². The molecular formula is C19H24N2O2. The normalized spacial score (nSPS) is 31.7. The highest BCUT2D eigenvalue weighted by Crippen LogP contribution is 2.43. The van der Waals surface area contributed by atoms with Crippen molar-refractivity contribution in [2.24, 2.45) is 17.8 Å². The number of aromatic nitrogens is 1. The molecule has 2 aliphatic carbocycles. The molecular weight excluding hydrogens is 288 g/mol. The maximum absolute atomic E-state index is 12.9. The van der Waals surface area contributed by atoms with Crippen molar-refractivity contribution in [2.45, 2.75) is 38.3 Å². The first-order chi connectivity index (χ1) is 11.3. The second-order valence-electron chi connectivity index (χ2n) is 7.12. The van der Waals surface area contributed by atoms with Crippen LogP contribution < -0.4 is 0 Å². The van der Waals surface area contributed by atoms with Gasteiger partial charge in [-0.05, 0) is 55.1 Å². The van der Waals surface area contributed by atoms with Gasteiger partial charge in [-0.15, -0.1) is 0 Å². The van der Waals surface area contributed by atoms with E-state index in [9.17, 15) is 4.79 Å². The summed E-state index contributed by atoms with van der Waals surface area (Å²) in [6, 6.07) is 3.98. The van der Waals surface area contributed by atoms with Gasteiger partial charge in [-0.25, -0.2) is 0 Å². The Labute approximate surface area is 137 Å². The van der Waals surface area contributed by atoms with Gasteiger partial charge >= 0.3 is 0 Å². The third-order valence-corrected chi connectivity index (χ3v) is 5.48. The third-order valence-electron chi connectivity index (χ3n) is 5.48. The van der Waals surface area contributed by atoms with Crippen LogP contribution in [0.5, 0.6) is 0 Å². The molecule has 2 heterocycles. The lowest BCUT2D eigenvalue weighted by Gasteiger charge is -2.30. The van der Waals surface area contributed by atoms with Crippen molar-refractivity contribution in [1.29, 1.82) is 0 Å². The molecule has 0 radical (unpaired) electrons. The van der Waals surface area contributed by atoms with Gasteiger partial charge in [-0.2, -0.15) is 0 Å². The highest BCUT2D eigenvalue weighted by atomic mass is 16.5. The van der Waals surface area contributed by atoms with Crippen LogP contribution >= 0.6 is 0 Å². The Bertz CT molecular complexity index is 580. The summed E-state index contributed by atoms with van der Waals surface area (Å²) in [4.78, 5) is 19.1. The number of pyridine rings is 1. The number of nitrogens with zero attached hydrogens (tertiary/aromatic N) is 2. The van der Waals surface area contributed by atoms with Crippen molar-refractivity contribution >= 4 is 5.91 Å². The van der Waals surface area contributed by atoms with Gasteiger partial charge in [0.2, 0.25) is 0 Å². The average Bonchev–Trinajstić information content (AvgIpc) is 3.32. The van der Waals surface area contributed by atoms with Gasteiger partial charge < -0.3 is 9.64 Å². The minimum Gasteiger partial charge on any atom is -0.368 e. The van der Waals surface area contributed by atoms with E-state index in [2.05, 4.69) is 17.1 Å². The second kappa shape index (κ2) is 6.44. The van der Waals surface area contributed by atoms with Crippen LogP contribution in [0.4, 0.5) is 0 Å². The van der Waals surface area contributed by atoms with Crippen LogP contribution in [0.1, 0.15) is 31.2 Å². The molecule has 1 saturated carbocycles. The van der Waals surface area contributed by atoms with Gasteiger partial charge in [0.15, 0.2) is 0 Å². The summed E-state index contributed by atoms with van der Waals surface area (Å²) in [6.07, 6.45) is 12.5. The summed E-state index contributed by atoms with van der Waals surface area (Å²) in [6.45, 7) is 2.21. The van der Waals surface area contributed by atoms with Crippen molar-refractivity contribution in [2.75, 3.05) is 13.2 Å². The highest BCUT2D eigenvalue weighted by Gasteiger charge is 2.38. The molecule has 3 aliphatic rings. The predicted octanol–water partition coefficient (Wildman–Crippen LogP) is 2.80. The SMILES string of the molecule is O=C([C@@H]1CCCO1)N(Cc1cccnc1)C[C@H]1C[C@H]2C=C[C@H]1C2. The third kappa shape index (κ3) is 3.18. The van der Waals surface area contributed by atoms with Crippen molar-refractivity contribution < 1.29 is 9.53 Å². The van der Waals surface area contributed by atoms with Crippen LogP contribution in [0.25, 0.3) is 0 Å². The van der Waals surface area contributed by atoms with E-state index < -0.39 is 0 Å². The fourth-order valence-electron chi connectivity index (χ4n) is 4.31. The van der Waals surface area contributed by atoms with Crippen LogP contribution in [0.3, 0.4) is 0 Å². The van der Waals surface area contributed by atoms with Gasteiger partial charge in [-0.3, -0.25) is 9.78 Å². The van der Waals surface area contributed by atoms with Gasteiger partial charge in [0, 0.05) is 32.1 Å². The van der Waals surface area contributed by atoms with Crippen LogP contribution in [0.15, 0.2) is 36.7 Å². The number of hydrogen-bond acceptors (Lipinski definition) is 3. The van der Waals surface area contributed by atoms with Gasteiger partial charge in [0.05, 0.1) is 0 Å². The topological polar surface area (TPSA) is 42.4 Å². The molecule has 23 heavy (non-hydrogen) atoms. The molecule has 4 atom stereocenters. The molecule has 4 heteroatoms. The summed E-state index contributed by atoms with van der Waals surface area (Å²) in [5.74, 6) is 2.17. The number of allylic oxidation sites excluding steroid dienone is 2. The molecule has 1 aromatic heterocycles. The Morgan fingerprint density at radius 2 is 2.30 bits per heavy atom. The summed E-state index contributed by atoms with van der Waals surface area (Å²) in [7, 11) is 0. The molecule has 4 rings (SSSR count). The fourth-order valence-corrected chi connectivity index (χ4v) is 4.31. The molecule has 1 saturated heterocycles. The van der Waals surface area contributed by atoms with Crippen LogP contribution in [0.2, 0.25) is 0 Å². The van der Waals surface area contributed by atoms with E-state index in [0.717, 1.165) is 30.9 Å². The van der Waals surface area contributed by atoms with Crippen LogP contribution in [-0.2, 0) is 16.1 Å². The van der Waals surface area contributed by atoms with E-state index in [-0.39, 0.29) is 12.0 Å². The maximum Gasteiger partial charge on any atom is 0.252 e. The molecule has 2 bridgehead atoms. The lowest BCUT2D eigenvalue weighted by Crippen LogP contribution is -2.42. The highest BCUT2D eigenvalue weighted by molar-refractivity contribution is 5.81. The van der Waals surface area contributed by atoms with Crippen LogP contribution in [-0.4, -0.2) is 35.0 Å². The van der Waals surface area contributed by atoms with Gasteiger partial charge in [-0.1, -0.05) is 18.2 Å². The second-order valence-corrected chi connectivity index (χ2v) is 7.12. The Kier molecular flexibility index (Phi) is 4.17. The molecule has 1 amide bonds. The number of fused-ring (bicyclic) bond motifs is 2. The maximum atomic E-state index is 12.9. The Hall–Kier alpha value is -1.68. The summed E-state index contributed by atoms with van der Waals surface area (Å²) < 4.78 is 5.64. The molecule has 4 nitrogen and oxygen atoms in total. The van der Waals surface area contributed by atoms with Crippen molar-refractivity contribution in [1.82, 2.24) is 9.88 Å². The zero-order valence-corrected chi connectivity index (χ0v) is 13.4. The Balaban J connectivity index is 1.48. The average molecular weight is 312 g/mol. The molecule has 2 fully saturated rings. The van der Waals surface area contributed by atoms with Crippen molar-refractivity contribution in [3.05, 3.63) is 42.2 Å². The monoisotopic (exact) mass is 312 g/mol. The van der Waals surface area contributed by atoms with E-state index in [4.69, 9.17) is 4.74 Å². The molecule has 0 N–H and O–H groups in total. The lowest BCUT2D eigenvalue weighted by atomic mass is 9.92. The zero-order chi connectivity index (χ0) is 15.6. The first-order valence-corrected chi connectivity index (χ1v) is 8.77. The van der Waals surface area contributed by atoms with Crippen molar-refractivity contribution in [3.63, 3.8) is 0 Å². The van der Waals surface area contributed by atoms with E-state index in [1.807, 2.05) is 23.2 Å². The van der Waals surface area contributed by atoms with Crippen molar-refractivity contribution in [3.8, 4) is 0 Å². The first-order valence-electron chi connectivity index (χ1n) is 8.77. The lowest BCUT2D eigenvalue weighted by molar-refractivity contribution is -0.142. The molecule has 1 aliphatic heterocycles. The summed E-state index contributed by atoms with van der Waals surface area (Å²) in [5, 5.41) is 0. The number of ether oxygens (including phenoxy) is 1. The van der Waals surface area contributed by atoms with E-state index in [0.29, 0.717) is 25.0 Å². The predicted molar refractivity (Wildman–Crippen MR) is 87.5 cm³/mol. The number of rotatable bonds is 5. The standard InChI is InChI=1S/C19H24N2O2/c22-19(18-4-2-8-23-18)21(12-15-3-1-7-20-11-15)13-17-10-14-5-6-16(17)9-14/h1,3,5-7,11,14,16-18H,2,4,8-10,12-13H2/t14-,16-,17+,18-/m0/s1. The number of hydrogen-bond donors (Lipinski definition) is 0. The number of carbonyl (C=O) groups excluding carboxylic acids is 1. The minimum absolute atomic E-state index is 0.165. The number of carbonyl (C=O) groups is 1. The van der Waals surface area contributed by atoms with E-state index in [1.54, 1.807) is 6.20 Å². The molecule has 122 valence electrons. The Morgan fingerprint density at radius 3 is 2.96 bits per heavy atom. The van der Waals surface area contributed by atoms with Crippen LogP contribution in [0, 0.1) is 17.8 Å².